The van der Waals surface area contributed by atoms with Gasteiger partial charge in [-0.3, -0.25) is 9.67 Å². The van der Waals surface area contributed by atoms with E-state index in [9.17, 15) is 0 Å². The van der Waals surface area contributed by atoms with E-state index in [1.807, 2.05) is 19.4 Å². The van der Waals surface area contributed by atoms with Gasteiger partial charge in [-0.2, -0.15) is 5.10 Å². The van der Waals surface area contributed by atoms with E-state index < -0.39 is 0 Å². The zero-order valence-electron chi connectivity index (χ0n) is 13.0. The van der Waals surface area contributed by atoms with Crippen molar-refractivity contribution < 1.29 is 0 Å². The van der Waals surface area contributed by atoms with Crippen molar-refractivity contribution in [1.82, 2.24) is 20.4 Å². The van der Waals surface area contributed by atoms with Crippen molar-refractivity contribution in [2.75, 3.05) is 13.6 Å². The summed E-state index contributed by atoms with van der Waals surface area (Å²) in [6.07, 6.45) is 7.62. The largest absolute Gasteiger partial charge is 0.356 e. The van der Waals surface area contributed by atoms with Crippen LogP contribution in [0, 0.1) is 5.92 Å². The second-order valence-corrected chi connectivity index (χ2v) is 5.26. The summed E-state index contributed by atoms with van der Waals surface area (Å²) in [6.45, 7) is 6.25. The van der Waals surface area contributed by atoms with E-state index in [-0.39, 0.29) is 24.0 Å². The average Bonchev–Trinajstić information content (AvgIpc) is 2.78. The van der Waals surface area contributed by atoms with Crippen molar-refractivity contribution in [2.24, 2.45) is 18.0 Å². The van der Waals surface area contributed by atoms with Gasteiger partial charge in [-0.1, -0.05) is 26.7 Å². The molecule has 116 valence electrons. The number of halogens is 1. The molecule has 2 N–H and O–H groups in total. The Kier molecular flexibility index (Phi) is 10.5. The summed E-state index contributed by atoms with van der Waals surface area (Å²) in [5.74, 6) is 1.65. The van der Waals surface area contributed by atoms with Crippen molar-refractivity contribution in [1.29, 1.82) is 0 Å². The fraction of sp³-hybridized carbons (Fsp3) is 0.714. The molecule has 20 heavy (non-hydrogen) atoms. The number of hydrogen-bond donors (Lipinski definition) is 2. The highest BCUT2D eigenvalue weighted by Gasteiger charge is 2.00. The highest BCUT2D eigenvalue weighted by molar-refractivity contribution is 14.0. The third-order valence-electron chi connectivity index (χ3n) is 2.94. The van der Waals surface area contributed by atoms with Gasteiger partial charge in [0.05, 0.1) is 6.20 Å². The maximum absolute atomic E-state index is 4.21. The first kappa shape index (κ1) is 19.2. The van der Waals surface area contributed by atoms with E-state index in [1.54, 1.807) is 11.7 Å². The number of aromatic nitrogens is 2. The lowest BCUT2D eigenvalue weighted by Gasteiger charge is -2.11. The van der Waals surface area contributed by atoms with E-state index in [1.165, 1.54) is 19.3 Å². The highest BCUT2D eigenvalue weighted by Crippen LogP contribution is 2.04. The minimum Gasteiger partial charge on any atom is -0.356 e. The van der Waals surface area contributed by atoms with Gasteiger partial charge in [0, 0.05) is 38.9 Å². The summed E-state index contributed by atoms with van der Waals surface area (Å²) in [7, 11) is 3.72. The first-order valence-electron chi connectivity index (χ1n) is 7.04. The van der Waals surface area contributed by atoms with Crippen LogP contribution >= 0.6 is 24.0 Å². The number of rotatable bonds is 7. The van der Waals surface area contributed by atoms with Crippen LogP contribution in [0.3, 0.4) is 0 Å². The number of unbranched alkanes of at least 4 members (excludes halogenated alkanes) is 1. The lowest BCUT2D eigenvalue weighted by molar-refractivity contribution is 0.534. The van der Waals surface area contributed by atoms with Crippen LogP contribution in [0.25, 0.3) is 0 Å². The van der Waals surface area contributed by atoms with Gasteiger partial charge in [0.25, 0.3) is 0 Å². The SMILES string of the molecule is CN=C(NCCCCC(C)C)NCc1cnn(C)c1.I. The zero-order valence-corrected chi connectivity index (χ0v) is 15.3. The topological polar surface area (TPSA) is 54.2 Å². The first-order chi connectivity index (χ1) is 9.11. The molecule has 6 heteroatoms. The van der Waals surface area contributed by atoms with Crippen LogP contribution in [0.2, 0.25) is 0 Å². The van der Waals surface area contributed by atoms with Crippen LogP contribution in [0.4, 0.5) is 0 Å². The predicted molar refractivity (Wildman–Crippen MR) is 95.5 cm³/mol. The molecule has 0 spiro atoms. The Bertz CT molecular complexity index is 387. The second-order valence-electron chi connectivity index (χ2n) is 5.26. The number of aryl methyl sites for hydroxylation is 1. The molecule has 0 unspecified atom stereocenters. The van der Waals surface area contributed by atoms with E-state index in [0.717, 1.165) is 30.5 Å². The van der Waals surface area contributed by atoms with Gasteiger partial charge in [0.2, 0.25) is 0 Å². The van der Waals surface area contributed by atoms with Gasteiger partial charge < -0.3 is 10.6 Å². The molecular formula is C14H28IN5. The molecule has 0 aliphatic carbocycles. The predicted octanol–water partition coefficient (Wildman–Crippen LogP) is 2.53. The summed E-state index contributed by atoms with van der Waals surface area (Å²) in [5.41, 5.74) is 1.16. The van der Waals surface area contributed by atoms with Crippen LogP contribution in [-0.2, 0) is 13.6 Å². The van der Waals surface area contributed by atoms with Crippen LogP contribution in [0.5, 0.6) is 0 Å². The minimum absolute atomic E-state index is 0. The summed E-state index contributed by atoms with van der Waals surface area (Å²) in [4.78, 5) is 4.21. The molecule has 0 saturated carbocycles. The first-order valence-corrected chi connectivity index (χ1v) is 7.04. The molecule has 1 rings (SSSR count). The molecule has 0 saturated heterocycles. The molecule has 0 aliphatic rings. The number of nitrogens with zero attached hydrogens (tertiary/aromatic N) is 3. The molecule has 1 heterocycles. The van der Waals surface area contributed by atoms with E-state index >= 15 is 0 Å². The molecule has 1 aromatic rings. The van der Waals surface area contributed by atoms with E-state index in [2.05, 4.69) is 34.6 Å². The van der Waals surface area contributed by atoms with Gasteiger partial charge in [0.1, 0.15) is 0 Å². The molecule has 0 radical (unpaired) electrons. The van der Waals surface area contributed by atoms with Crippen LogP contribution in [-0.4, -0.2) is 29.3 Å². The maximum Gasteiger partial charge on any atom is 0.191 e. The molecule has 0 atom stereocenters. The third kappa shape index (κ3) is 8.39. The van der Waals surface area contributed by atoms with Crippen molar-refractivity contribution in [3.8, 4) is 0 Å². The molecule has 0 aromatic carbocycles. The molecule has 1 aromatic heterocycles. The van der Waals surface area contributed by atoms with Crippen LogP contribution < -0.4 is 10.6 Å². The number of nitrogens with one attached hydrogen (secondary N) is 2. The Morgan fingerprint density at radius 1 is 1.35 bits per heavy atom. The van der Waals surface area contributed by atoms with Crippen molar-refractivity contribution in [3.63, 3.8) is 0 Å². The Hall–Kier alpha value is -0.790. The second kappa shape index (κ2) is 10.9. The van der Waals surface area contributed by atoms with E-state index in [4.69, 9.17) is 0 Å². The fourth-order valence-electron chi connectivity index (χ4n) is 1.85. The quantitative estimate of drug-likeness (QED) is 0.324. The summed E-state index contributed by atoms with van der Waals surface area (Å²) in [5, 5.41) is 10.8. The fourth-order valence-corrected chi connectivity index (χ4v) is 1.85. The number of hydrogen-bond acceptors (Lipinski definition) is 2. The van der Waals surface area contributed by atoms with Crippen LogP contribution in [0.15, 0.2) is 17.4 Å². The summed E-state index contributed by atoms with van der Waals surface area (Å²) in [6, 6.07) is 0. The smallest absolute Gasteiger partial charge is 0.191 e. The van der Waals surface area contributed by atoms with Gasteiger partial charge >= 0.3 is 0 Å². The molecule has 0 aliphatic heterocycles. The van der Waals surface area contributed by atoms with Crippen molar-refractivity contribution in [2.45, 2.75) is 39.7 Å². The molecular weight excluding hydrogens is 365 g/mol. The lowest BCUT2D eigenvalue weighted by atomic mass is 10.1. The lowest BCUT2D eigenvalue weighted by Crippen LogP contribution is -2.37. The van der Waals surface area contributed by atoms with Gasteiger partial charge in [0.15, 0.2) is 5.96 Å². The Balaban J connectivity index is 0.00000361. The van der Waals surface area contributed by atoms with E-state index in [0.29, 0.717) is 0 Å². The molecule has 0 bridgehead atoms. The maximum atomic E-state index is 4.21. The molecule has 0 fully saturated rings. The highest BCUT2D eigenvalue weighted by atomic mass is 127. The number of guanidine groups is 1. The normalized spacial score (nSPS) is 11.3. The third-order valence-corrected chi connectivity index (χ3v) is 2.94. The zero-order chi connectivity index (χ0) is 14.1. The molecule has 5 nitrogen and oxygen atoms in total. The average molecular weight is 393 g/mol. The van der Waals surface area contributed by atoms with Crippen LogP contribution in [0.1, 0.15) is 38.7 Å². The van der Waals surface area contributed by atoms with Gasteiger partial charge in [-0.25, -0.2) is 0 Å². The van der Waals surface area contributed by atoms with Crippen molar-refractivity contribution in [3.05, 3.63) is 18.0 Å². The van der Waals surface area contributed by atoms with Gasteiger partial charge in [-0.05, 0) is 12.3 Å². The summed E-state index contributed by atoms with van der Waals surface area (Å²) < 4.78 is 1.80. The van der Waals surface area contributed by atoms with Crippen molar-refractivity contribution >= 4 is 29.9 Å². The molecule has 0 amide bonds. The minimum atomic E-state index is 0. The number of aliphatic imine (C=N–C) groups is 1. The Morgan fingerprint density at radius 2 is 2.10 bits per heavy atom. The Labute approximate surface area is 139 Å². The van der Waals surface area contributed by atoms with Gasteiger partial charge in [-0.15, -0.1) is 24.0 Å². The monoisotopic (exact) mass is 393 g/mol. The Morgan fingerprint density at radius 3 is 2.65 bits per heavy atom. The standard InChI is InChI=1S/C14H27N5.HI/c1-12(2)7-5-6-8-16-14(15-3)17-9-13-10-18-19(4)11-13;/h10-12H,5-9H2,1-4H3,(H2,15,16,17);1H. The summed E-state index contributed by atoms with van der Waals surface area (Å²) >= 11 is 0.